The van der Waals surface area contributed by atoms with E-state index in [-0.39, 0.29) is 0 Å². The fraction of sp³-hybridized carbons (Fsp3) is 0.286. The highest BCUT2D eigenvalue weighted by Crippen LogP contribution is 2.16. The van der Waals surface area contributed by atoms with Crippen LogP contribution in [0.2, 0.25) is 0 Å². The first-order valence-corrected chi connectivity index (χ1v) is 5.93. The van der Waals surface area contributed by atoms with Gasteiger partial charge in [-0.2, -0.15) is 0 Å². The van der Waals surface area contributed by atoms with E-state index < -0.39 is 0 Å². The van der Waals surface area contributed by atoms with Crippen molar-refractivity contribution in [2.24, 2.45) is 4.99 Å². The molecule has 0 radical (unpaired) electrons. The number of fused-ring (bicyclic) bond motifs is 1. The molecule has 2 aromatic rings. The first-order valence-electron chi connectivity index (χ1n) is 5.93. The second-order valence-corrected chi connectivity index (χ2v) is 4.20. The van der Waals surface area contributed by atoms with Crippen molar-refractivity contribution in [1.82, 2.24) is 4.98 Å². The maximum Gasteiger partial charge on any atom is 0.235 e. The number of benzene rings is 1. The van der Waals surface area contributed by atoms with E-state index in [1.54, 1.807) is 0 Å². The molecule has 0 spiro atoms. The molecule has 0 saturated carbocycles. The van der Waals surface area contributed by atoms with Crippen molar-refractivity contribution in [1.29, 1.82) is 0 Å². The van der Waals surface area contributed by atoms with Crippen LogP contribution in [0.15, 0.2) is 41.4 Å². The molecule has 0 bridgehead atoms. The monoisotopic (exact) mass is 226 g/mol. The van der Waals surface area contributed by atoms with Crippen LogP contribution in [0.25, 0.3) is 10.9 Å². The number of aliphatic imine (C=N–C) groups is 1. The van der Waals surface area contributed by atoms with E-state index in [4.69, 9.17) is 4.74 Å². The van der Waals surface area contributed by atoms with Gasteiger partial charge in [0.15, 0.2) is 0 Å². The number of ether oxygens (including phenoxy) is 1. The second-order valence-electron chi connectivity index (χ2n) is 4.20. The highest BCUT2D eigenvalue weighted by atomic mass is 16.5. The standard InChI is InChI=1S/C14H14N2O/c1-2-11-9-17-14(15-11)13-8-7-10-5-3-4-6-12(10)16-13/h3-8,11H,2,9H2,1H3. The summed E-state index contributed by atoms with van der Waals surface area (Å²) < 4.78 is 5.58. The van der Waals surface area contributed by atoms with Gasteiger partial charge in [-0.25, -0.2) is 9.98 Å². The zero-order valence-electron chi connectivity index (χ0n) is 9.76. The van der Waals surface area contributed by atoms with Crippen molar-refractivity contribution < 1.29 is 4.74 Å². The van der Waals surface area contributed by atoms with E-state index in [0.29, 0.717) is 18.5 Å². The lowest BCUT2D eigenvalue weighted by Gasteiger charge is -2.02. The van der Waals surface area contributed by atoms with Gasteiger partial charge in [0, 0.05) is 5.39 Å². The summed E-state index contributed by atoms with van der Waals surface area (Å²) >= 11 is 0. The Morgan fingerprint density at radius 1 is 1.24 bits per heavy atom. The molecule has 17 heavy (non-hydrogen) atoms. The predicted molar refractivity (Wildman–Crippen MR) is 68.3 cm³/mol. The molecule has 1 aliphatic heterocycles. The molecular formula is C14H14N2O. The Morgan fingerprint density at radius 2 is 2.12 bits per heavy atom. The van der Waals surface area contributed by atoms with E-state index in [0.717, 1.165) is 23.0 Å². The van der Waals surface area contributed by atoms with E-state index in [2.05, 4.69) is 29.0 Å². The van der Waals surface area contributed by atoms with Gasteiger partial charge in [0.1, 0.15) is 12.3 Å². The Balaban J connectivity index is 2.01. The molecule has 1 unspecified atom stereocenters. The smallest absolute Gasteiger partial charge is 0.235 e. The third-order valence-electron chi connectivity index (χ3n) is 3.00. The zero-order chi connectivity index (χ0) is 11.7. The Labute approximate surface area is 100 Å². The predicted octanol–water partition coefficient (Wildman–Crippen LogP) is 2.79. The number of para-hydroxylation sites is 1. The molecule has 1 aromatic carbocycles. The molecule has 2 heterocycles. The van der Waals surface area contributed by atoms with Crippen molar-refractivity contribution >= 4 is 16.8 Å². The van der Waals surface area contributed by atoms with Crippen LogP contribution in [0.4, 0.5) is 0 Å². The Morgan fingerprint density at radius 3 is 2.94 bits per heavy atom. The first kappa shape index (κ1) is 10.3. The van der Waals surface area contributed by atoms with E-state index in [1.807, 2.05) is 24.3 Å². The van der Waals surface area contributed by atoms with Crippen LogP contribution in [0, 0.1) is 0 Å². The number of nitrogens with zero attached hydrogens (tertiary/aromatic N) is 2. The number of aromatic nitrogens is 1. The van der Waals surface area contributed by atoms with Crippen molar-refractivity contribution in [3.05, 3.63) is 42.1 Å². The van der Waals surface area contributed by atoms with Gasteiger partial charge < -0.3 is 4.74 Å². The topological polar surface area (TPSA) is 34.5 Å². The molecule has 3 nitrogen and oxygen atoms in total. The van der Waals surface area contributed by atoms with Crippen LogP contribution < -0.4 is 0 Å². The van der Waals surface area contributed by atoms with Crippen molar-refractivity contribution in [2.75, 3.05) is 6.61 Å². The van der Waals surface area contributed by atoms with Crippen LogP contribution in [0.5, 0.6) is 0 Å². The molecule has 3 heteroatoms. The summed E-state index contributed by atoms with van der Waals surface area (Å²) in [5.41, 5.74) is 1.82. The maximum atomic E-state index is 5.58. The molecule has 0 N–H and O–H groups in total. The summed E-state index contributed by atoms with van der Waals surface area (Å²) in [6, 6.07) is 12.4. The van der Waals surface area contributed by atoms with Crippen molar-refractivity contribution in [3.8, 4) is 0 Å². The SMILES string of the molecule is CCC1COC(c2ccc3ccccc3n2)=N1. The van der Waals surface area contributed by atoms with Crippen molar-refractivity contribution in [2.45, 2.75) is 19.4 Å². The van der Waals surface area contributed by atoms with Crippen LogP contribution in [0.1, 0.15) is 19.0 Å². The average molecular weight is 226 g/mol. The lowest BCUT2D eigenvalue weighted by molar-refractivity contribution is 0.314. The summed E-state index contributed by atoms with van der Waals surface area (Å²) in [6.07, 6.45) is 1.01. The van der Waals surface area contributed by atoms with Crippen LogP contribution in [-0.2, 0) is 4.74 Å². The minimum absolute atomic E-state index is 0.290. The third-order valence-corrected chi connectivity index (χ3v) is 3.00. The van der Waals surface area contributed by atoms with Gasteiger partial charge in [0.2, 0.25) is 5.90 Å². The molecule has 0 amide bonds. The molecule has 1 aliphatic rings. The quantitative estimate of drug-likeness (QED) is 0.789. The molecule has 0 aliphatic carbocycles. The van der Waals surface area contributed by atoms with Gasteiger partial charge in [-0.1, -0.05) is 31.2 Å². The molecule has 1 aromatic heterocycles. The highest BCUT2D eigenvalue weighted by molar-refractivity contribution is 5.95. The minimum atomic E-state index is 0.290. The molecule has 3 rings (SSSR count). The van der Waals surface area contributed by atoms with Gasteiger partial charge in [-0.05, 0) is 18.6 Å². The summed E-state index contributed by atoms with van der Waals surface area (Å²) in [6.45, 7) is 2.80. The lowest BCUT2D eigenvalue weighted by Crippen LogP contribution is -2.05. The zero-order valence-corrected chi connectivity index (χ0v) is 9.76. The molecule has 1 atom stereocenters. The van der Waals surface area contributed by atoms with E-state index in [1.165, 1.54) is 0 Å². The first-order chi connectivity index (χ1) is 8.36. The molecular weight excluding hydrogens is 212 g/mol. The van der Waals surface area contributed by atoms with Crippen LogP contribution >= 0.6 is 0 Å². The van der Waals surface area contributed by atoms with E-state index in [9.17, 15) is 0 Å². The van der Waals surface area contributed by atoms with Crippen LogP contribution in [-0.4, -0.2) is 23.5 Å². The summed E-state index contributed by atoms with van der Waals surface area (Å²) in [7, 11) is 0. The lowest BCUT2D eigenvalue weighted by atomic mass is 10.2. The maximum absolute atomic E-state index is 5.58. The van der Waals surface area contributed by atoms with E-state index >= 15 is 0 Å². The number of hydrogen-bond acceptors (Lipinski definition) is 3. The largest absolute Gasteiger partial charge is 0.474 e. The fourth-order valence-electron chi connectivity index (χ4n) is 1.95. The minimum Gasteiger partial charge on any atom is -0.474 e. The summed E-state index contributed by atoms with van der Waals surface area (Å²) in [4.78, 5) is 9.09. The number of pyridine rings is 1. The van der Waals surface area contributed by atoms with Crippen molar-refractivity contribution in [3.63, 3.8) is 0 Å². The number of hydrogen-bond donors (Lipinski definition) is 0. The Bertz CT molecular complexity index is 577. The summed E-state index contributed by atoms with van der Waals surface area (Å²) in [5.74, 6) is 0.683. The van der Waals surface area contributed by atoms with Gasteiger partial charge in [-0.15, -0.1) is 0 Å². The third kappa shape index (κ3) is 1.88. The van der Waals surface area contributed by atoms with Gasteiger partial charge in [0.05, 0.1) is 11.6 Å². The normalized spacial score (nSPS) is 19.1. The van der Waals surface area contributed by atoms with Crippen LogP contribution in [0.3, 0.4) is 0 Å². The second kappa shape index (κ2) is 4.17. The summed E-state index contributed by atoms with van der Waals surface area (Å²) in [5, 5.41) is 1.14. The Hall–Kier alpha value is -1.90. The Kier molecular flexibility index (Phi) is 2.52. The average Bonchev–Trinajstić information content (AvgIpc) is 2.87. The molecule has 0 fully saturated rings. The van der Waals surface area contributed by atoms with Gasteiger partial charge >= 0.3 is 0 Å². The van der Waals surface area contributed by atoms with Gasteiger partial charge in [0.25, 0.3) is 0 Å². The fourth-order valence-corrected chi connectivity index (χ4v) is 1.95. The number of rotatable bonds is 2. The molecule has 86 valence electrons. The molecule has 0 saturated heterocycles. The highest BCUT2D eigenvalue weighted by Gasteiger charge is 2.19. The van der Waals surface area contributed by atoms with Gasteiger partial charge in [-0.3, -0.25) is 0 Å².